The fraction of sp³-hybridized carbons (Fsp3) is 0.300. The number of hydrogen-bond acceptors (Lipinski definition) is 4. The van der Waals surface area contributed by atoms with Crippen LogP contribution in [0.4, 0.5) is 5.82 Å². The van der Waals surface area contributed by atoms with Gasteiger partial charge in [-0.05, 0) is 19.1 Å². The lowest BCUT2D eigenvalue weighted by Crippen LogP contribution is -2.19. The molecule has 15 heavy (non-hydrogen) atoms. The van der Waals surface area contributed by atoms with Crippen LogP contribution in [0.2, 0.25) is 0 Å². The Kier molecular flexibility index (Phi) is 3.63. The van der Waals surface area contributed by atoms with Crippen LogP contribution in [-0.2, 0) is 4.79 Å². The average Bonchev–Trinajstić information content (AvgIpc) is 2.16. The van der Waals surface area contributed by atoms with Crippen LogP contribution >= 0.6 is 0 Å². The number of hydrogen-bond donors (Lipinski definition) is 2. The van der Waals surface area contributed by atoms with Crippen molar-refractivity contribution in [1.82, 2.24) is 4.98 Å². The van der Waals surface area contributed by atoms with Crippen LogP contribution in [0.5, 0.6) is 0 Å². The van der Waals surface area contributed by atoms with Gasteiger partial charge in [0.15, 0.2) is 0 Å². The third kappa shape index (κ3) is 3.65. The van der Waals surface area contributed by atoms with Gasteiger partial charge in [-0.25, -0.2) is 4.98 Å². The molecular weight excluding hydrogens is 194 g/mol. The van der Waals surface area contributed by atoms with Gasteiger partial charge in [0.2, 0.25) is 0 Å². The number of nitrogens with zero attached hydrogens (tertiary/aromatic N) is 2. The Labute approximate surface area is 87.4 Å². The molecule has 0 radical (unpaired) electrons. The topological polar surface area (TPSA) is 86.0 Å². The summed E-state index contributed by atoms with van der Waals surface area (Å²) < 4.78 is 0. The standard InChI is InChI=1S/C10H11N3O2/c1-7(4-10(14)15)13-9-5-8(6-11)2-3-12-9/h2-3,5,7H,4H2,1H3,(H,12,13)(H,14,15). The summed E-state index contributed by atoms with van der Waals surface area (Å²) in [6.45, 7) is 1.74. The highest BCUT2D eigenvalue weighted by molar-refractivity contribution is 5.68. The van der Waals surface area contributed by atoms with Gasteiger partial charge in [-0.3, -0.25) is 4.79 Å². The second-order valence-corrected chi connectivity index (χ2v) is 3.18. The molecule has 5 nitrogen and oxygen atoms in total. The molecule has 1 heterocycles. The van der Waals surface area contributed by atoms with Crippen LogP contribution < -0.4 is 5.32 Å². The molecule has 1 unspecified atom stereocenters. The van der Waals surface area contributed by atoms with Gasteiger partial charge in [0.25, 0.3) is 0 Å². The molecule has 78 valence electrons. The molecule has 1 aromatic heterocycles. The zero-order chi connectivity index (χ0) is 11.3. The highest BCUT2D eigenvalue weighted by Gasteiger charge is 2.07. The second-order valence-electron chi connectivity index (χ2n) is 3.18. The quantitative estimate of drug-likeness (QED) is 0.772. The Bertz CT molecular complexity index is 398. The molecule has 1 rings (SSSR count). The predicted molar refractivity (Wildman–Crippen MR) is 54.3 cm³/mol. The van der Waals surface area contributed by atoms with E-state index in [4.69, 9.17) is 10.4 Å². The van der Waals surface area contributed by atoms with Crippen LogP contribution in [0.25, 0.3) is 0 Å². The van der Waals surface area contributed by atoms with Crippen molar-refractivity contribution in [2.24, 2.45) is 0 Å². The van der Waals surface area contributed by atoms with E-state index in [-0.39, 0.29) is 12.5 Å². The van der Waals surface area contributed by atoms with Gasteiger partial charge in [0, 0.05) is 12.2 Å². The number of pyridine rings is 1. The Morgan fingerprint density at radius 3 is 3.13 bits per heavy atom. The van der Waals surface area contributed by atoms with E-state index in [1.54, 1.807) is 19.1 Å². The molecule has 0 aliphatic rings. The lowest BCUT2D eigenvalue weighted by atomic mass is 10.2. The van der Waals surface area contributed by atoms with E-state index in [1.165, 1.54) is 6.20 Å². The van der Waals surface area contributed by atoms with Gasteiger partial charge in [-0.2, -0.15) is 5.26 Å². The van der Waals surface area contributed by atoms with E-state index in [0.29, 0.717) is 11.4 Å². The molecule has 5 heteroatoms. The lowest BCUT2D eigenvalue weighted by molar-refractivity contribution is -0.137. The van der Waals surface area contributed by atoms with Crippen LogP contribution in [0, 0.1) is 11.3 Å². The average molecular weight is 205 g/mol. The van der Waals surface area contributed by atoms with Gasteiger partial charge in [0.05, 0.1) is 18.1 Å². The van der Waals surface area contributed by atoms with Crippen molar-refractivity contribution in [3.63, 3.8) is 0 Å². The number of anilines is 1. The Morgan fingerprint density at radius 1 is 1.80 bits per heavy atom. The zero-order valence-corrected chi connectivity index (χ0v) is 8.27. The minimum Gasteiger partial charge on any atom is -0.481 e. The molecule has 1 atom stereocenters. The third-order valence-corrected chi connectivity index (χ3v) is 1.76. The monoisotopic (exact) mass is 205 g/mol. The van der Waals surface area contributed by atoms with Crippen LogP contribution in [0.1, 0.15) is 18.9 Å². The fourth-order valence-electron chi connectivity index (χ4n) is 1.14. The second kappa shape index (κ2) is 4.96. The molecule has 0 fully saturated rings. The van der Waals surface area contributed by atoms with Crippen molar-refractivity contribution in [2.45, 2.75) is 19.4 Å². The van der Waals surface area contributed by atoms with Crippen molar-refractivity contribution >= 4 is 11.8 Å². The molecule has 0 amide bonds. The summed E-state index contributed by atoms with van der Waals surface area (Å²) in [6.07, 6.45) is 1.52. The molecule has 0 aliphatic heterocycles. The first-order valence-corrected chi connectivity index (χ1v) is 4.46. The van der Waals surface area contributed by atoms with Crippen molar-refractivity contribution in [3.05, 3.63) is 23.9 Å². The van der Waals surface area contributed by atoms with Crippen LogP contribution in [0.3, 0.4) is 0 Å². The number of aliphatic carboxylic acids is 1. The number of carboxylic acid groups (broad SMARTS) is 1. The summed E-state index contributed by atoms with van der Waals surface area (Å²) in [5, 5.41) is 20.1. The summed E-state index contributed by atoms with van der Waals surface area (Å²) >= 11 is 0. The first kappa shape index (κ1) is 11.0. The smallest absolute Gasteiger partial charge is 0.305 e. The highest BCUT2D eigenvalue weighted by atomic mass is 16.4. The van der Waals surface area contributed by atoms with Crippen molar-refractivity contribution in [2.75, 3.05) is 5.32 Å². The summed E-state index contributed by atoms with van der Waals surface area (Å²) in [7, 11) is 0. The Morgan fingerprint density at radius 2 is 2.53 bits per heavy atom. The van der Waals surface area contributed by atoms with Gasteiger partial charge < -0.3 is 10.4 Å². The number of nitriles is 1. The largest absolute Gasteiger partial charge is 0.481 e. The number of carboxylic acids is 1. The summed E-state index contributed by atoms with van der Waals surface area (Å²) in [5.41, 5.74) is 0.495. The van der Waals surface area contributed by atoms with Crippen LogP contribution in [0.15, 0.2) is 18.3 Å². The van der Waals surface area contributed by atoms with E-state index in [9.17, 15) is 4.79 Å². The molecule has 0 bridgehead atoms. The maximum atomic E-state index is 10.4. The van der Waals surface area contributed by atoms with E-state index in [0.717, 1.165) is 0 Å². The van der Waals surface area contributed by atoms with E-state index >= 15 is 0 Å². The molecule has 0 spiro atoms. The van der Waals surface area contributed by atoms with Gasteiger partial charge >= 0.3 is 5.97 Å². The number of rotatable bonds is 4. The van der Waals surface area contributed by atoms with Crippen molar-refractivity contribution < 1.29 is 9.90 Å². The zero-order valence-electron chi connectivity index (χ0n) is 8.27. The molecule has 2 N–H and O–H groups in total. The van der Waals surface area contributed by atoms with E-state index in [2.05, 4.69) is 10.3 Å². The fourth-order valence-corrected chi connectivity index (χ4v) is 1.14. The first-order chi connectivity index (χ1) is 7.11. The molecule has 0 saturated heterocycles. The number of aromatic nitrogens is 1. The van der Waals surface area contributed by atoms with Crippen molar-refractivity contribution in [1.29, 1.82) is 5.26 Å². The molecule has 0 saturated carbocycles. The number of nitrogens with one attached hydrogen (secondary N) is 1. The molecular formula is C10H11N3O2. The molecule has 1 aromatic rings. The van der Waals surface area contributed by atoms with Crippen LogP contribution in [-0.4, -0.2) is 22.1 Å². The maximum Gasteiger partial charge on any atom is 0.305 e. The SMILES string of the molecule is CC(CC(=O)O)Nc1cc(C#N)ccn1. The summed E-state index contributed by atoms with van der Waals surface area (Å²) in [5.74, 6) is -0.353. The maximum absolute atomic E-state index is 10.4. The predicted octanol–water partition coefficient (Wildman–Crippen LogP) is 1.23. The number of carbonyl (C=O) groups is 1. The van der Waals surface area contributed by atoms with Gasteiger partial charge in [-0.15, -0.1) is 0 Å². The Balaban J connectivity index is 2.64. The third-order valence-electron chi connectivity index (χ3n) is 1.76. The summed E-state index contributed by atoms with van der Waals surface area (Å²) in [6, 6.07) is 4.94. The van der Waals surface area contributed by atoms with Crippen molar-refractivity contribution in [3.8, 4) is 6.07 Å². The summed E-state index contributed by atoms with van der Waals surface area (Å²) in [4.78, 5) is 14.4. The van der Waals surface area contributed by atoms with Gasteiger partial charge in [0.1, 0.15) is 5.82 Å². The Hall–Kier alpha value is -2.09. The van der Waals surface area contributed by atoms with E-state index < -0.39 is 5.97 Å². The van der Waals surface area contributed by atoms with E-state index in [1.807, 2.05) is 6.07 Å². The lowest BCUT2D eigenvalue weighted by Gasteiger charge is -2.11. The molecule has 0 aromatic carbocycles. The first-order valence-electron chi connectivity index (χ1n) is 4.46. The molecule has 0 aliphatic carbocycles. The normalized spacial score (nSPS) is 11.5. The highest BCUT2D eigenvalue weighted by Crippen LogP contribution is 2.08. The minimum absolute atomic E-state index is 0.0124. The van der Waals surface area contributed by atoms with Gasteiger partial charge in [-0.1, -0.05) is 0 Å². The minimum atomic E-state index is -0.869.